The van der Waals surface area contributed by atoms with E-state index in [0.29, 0.717) is 23.1 Å². The van der Waals surface area contributed by atoms with Gasteiger partial charge < -0.3 is 9.80 Å². The van der Waals surface area contributed by atoms with Gasteiger partial charge in [-0.3, -0.25) is 9.59 Å². The number of nitrogens with zero attached hydrogens (tertiary/aromatic N) is 2. The molecule has 9 rings (SSSR count). The molecule has 264 valence electrons. The van der Waals surface area contributed by atoms with Crippen molar-refractivity contribution < 1.29 is 9.59 Å². The summed E-state index contributed by atoms with van der Waals surface area (Å²) in [5, 5.41) is 0. The zero-order chi connectivity index (χ0) is 37.2. The molecular formula is C50H42N2O2. The molecule has 0 fully saturated rings. The monoisotopic (exact) mass is 702 g/mol. The number of Topliss-reactive ketones (excluding diaryl/α,β-unsaturated/α-hetero) is 1. The van der Waals surface area contributed by atoms with E-state index in [0.717, 1.165) is 22.8 Å². The van der Waals surface area contributed by atoms with E-state index in [4.69, 9.17) is 0 Å². The Morgan fingerprint density at radius 3 is 1.31 bits per heavy atom. The molecule has 2 heterocycles. The number of fused-ring (bicyclic) bond motifs is 4. The minimum Gasteiger partial charge on any atom is -0.310 e. The van der Waals surface area contributed by atoms with Crippen molar-refractivity contribution in [3.8, 4) is 0 Å². The smallest absolute Gasteiger partial charge is 0.193 e. The number of ketones is 2. The number of para-hydroxylation sites is 4. The normalized spacial score (nSPS) is 17.4. The standard InChI is InChI=1S/C50H42N2O2/c1-49(2)39-13-5-9-17-43(39)51(44-18-10-6-14-40(44)49)37-29-25-35(26-30-37)47(53)33-21-23-34(24-22-33)48(54)36-27-31-38(32-28-36)52-45-19-11-7-15-41(45)50(3,4)42-16-8-12-20-46(42)52/h5-27,29-32,36H,28H2,1-4H3. The Labute approximate surface area is 317 Å². The van der Waals surface area contributed by atoms with Crippen LogP contribution in [0, 0.1) is 5.92 Å². The second-order valence-electron chi connectivity index (χ2n) is 15.6. The van der Waals surface area contributed by atoms with Crippen LogP contribution < -0.4 is 9.80 Å². The van der Waals surface area contributed by atoms with Crippen LogP contribution in [0.2, 0.25) is 0 Å². The highest BCUT2D eigenvalue weighted by molar-refractivity contribution is 6.10. The summed E-state index contributed by atoms with van der Waals surface area (Å²) in [4.78, 5) is 32.0. The van der Waals surface area contributed by atoms with Crippen molar-refractivity contribution in [2.75, 3.05) is 9.80 Å². The van der Waals surface area contributed by atoms with Gasteiger partial charge in [0.05, 0.1) is 22.7 Å². The Morgan fingerprint density at radius 1 is 0.500 bits per heavy atom. The lowest BCUT2D eigenvalue weighted by atomic mass is 9.73. The van der Waals surface area contributed by atoms with Crippen LogP contribution in [0.4, 0.5) is 28.4 Å². The zero-order valence-corrected chi connectivity index (χ0v) is 31.1. The minimum absolute atomic E-state index is 0.0516. The van der Waals surface area contributed by atoms with E-state index < -0.39 is 0 Å². The first kappa shape index (κ1) is 33.6. The Morgan fingerprint density at radius 2 is 0.889 bits per heavy atom. The number of rotatable bonds is 6. The molecule has 0 radical (unpaired) electrons. The van der Waals surface area contributed by atoms with Gasteiger partial charge in [0.1, 0.15) is 0 Å². The summed E-state index contributed by atoms with van der Waals surface area (Å²) in [5.74, 6) is -0.294. The summed E-state index contributed by atoms with van der Waals surface area (Å²) in [6.07, 6.45) is 6.90. The van der Waals surface area contributed by atoms with E-state index in [2.05, 4.69) is 147 Å². The lowest BCUT2D eigenvalue weighted by Gasteiger charge is -2.42. The zero-order valence-electron chi connectivity index (χ0n) is 31.1. The van der Waals surface area contributed by atoms with Gasteiger partial charge in [0.2, 0.25) is 0 Å². The first-order chi connectivity index (χ1) is 26.1. The van der Waals surface area contributed by atoms with Gasteiger partial charge in [-0.15, -0.1) is 0 Å². The van der Waals surface area contributed by atoms with E-state index in [9.17, 15) is 9.59 Å². The Kier molecular flexibility index (Phi) is 7.90. The predicted molar refractivity (Wildman–Crippen MR) is 220 cm³/mol. The topological polar surface area (TPSA) is 40.6 Å². The third-order valence-electron chi connectivity index (χ3n) is 11.8. The molecule has 1 aliphatic carbocycles. The third kappa shape index (κ3) is 5.28. The van der Waals surface area contributed by atoms with Crippen LogP contribution in [-0.2, 0) is 10.8 Å². The number of carbonyl (C=O) groups excluding carboxylic acids is 2. The quantitative estimate of drug-likeness (QED) is 0.162. The maximum atomic E-state index is 13.7. The molecular weight excluding hydrogens is 661 g/mol. The number of anilines is 5. The first-order valence-corrected chi connectivity index (χ1v) is 18.8. The van der Waals surface area contributed by atoms with Crippen molar-refractivity contribution in [2.45, 2.75) is 44.9 Å². The first-order valence-electron chi connectivity index (χ1n) is 18.8. The minimum atomic E-state index is -0.273. The molecule has 0 bridgehead atoms. The maximum Gasteiger partial charge on any atom is 0.193 e. The third-order valence-corrected chi connectivity index (χ3v) is 11.8. The highest BCUT2D eigenvalue weighted by Gasteiger charge is 2.38. The van der Waals surface area contributed by atoms with Crippen molar-refractivity contribution in [3.05, 3.63) is 208 Å². The molecule has 6 aromatic rings. The SMILES string of the molecule is CC1(C)c2ccccc2N(C2=CCC(C(=O)c3ccc(C(=O)c4ccc(N5c6ccccc6C(C)(C)c6ccccc65)cc4)cc3)C=C2)c2ccccc21. The fourth-order valence-electron chi connectivity index (χ4n) is 8.79. The molecule has 0 aromatic heterocycles. The van der Waals surface area contributed by atoms with Crippen LogP contribution in [0.25, 0.3) is 0 Å². The molecule has 3 aliphatic rings. The average Bonchev–Trinajstić information content (AvgIpc) is 3.21. The molecule has 1 atom stereocenters. The molecule has 1 unspecified atom stereocenters. The summed E-state index contributed by atoms with van der Waals surface area (Å²) in [6.45, 7) is 9.12. The van der Waals surface area contributed by atoms with Crippen molar-refractivity contribution in [2.24, 2.45) is 5.92 Å². The van der Waals surface area contributed by atoms with Gasteiger partial charge in [-0.05, 0) is 83.3 Å². The Bertz CT molecular complexity index is 2420. The van der Waals surface area contributed by atoms with Crippen molar-refractivity contribution in [1.29, 1.82) is 0 Å². The Balaban J connectivity index is 0.917. The van der Waals surface area contributed by atoms with Gasteiger partial charge in [0.25, 0.3) is 0 Å². The molecule has 0 spiro atoms. The predicted octanol–water partition coefficient (Wildman–Crippen LogP) is 12.1. The summed E-state index contributed by atoms with van der Waals surface area (Å²) < 4.78 is 0. The molecule has 2 aliphatic heterocycles. The van der Waals surface area contributed by atoms with E-state index in [-0.39, 0.29) is 28.3 Å². The van der Waals surface area contributed by atoms with Crippen LogP contribution in [0.1, 0.15) is 82.6 Å². The largest absolute Gasteiger partial charge is 0.310 e. The summed E-state index contributed by atoms with van der Waals surface area (Å²) >= 11 is 0. The van der Waals surface area contributed by atoms with Crippen LogP contribution >= 0.6 is 0 Å². The molecule has 0 amide bonds. The van der Waals surface area contributed by atoms with Gasteiger partial charge in [0.15, 0.2) is 11.6 Å². The number of hydrogen-bond acceptors (Lipinski definition) is 4. The van der Waals surface area contributed by atoms with Crippen molar-refractivity contribution >= 4 is 40.0 Å². The Hall–Kier alpha value is -6.26. The van der Waals surface area contributed by atoms with E-state index >= 15 is 0 Å². The maximum absolute atomic E-state index is 13.7. The van der Waals surface area contributed by atoms with Gasteiger partial charge in [-0.1, -0.05) is 137 Å². The number of carbonyl (C=O) groups is 2. The van der Waals surface area contributed by atoms with E-state index in [1.54, 1.807) is 24.3 Å². The fourth-order valence-corrected chi connectivity index (χ4v) is 8.79. The van der Waals surface area contributed by atoms with Crippen LogP contribution in [0.5, 0.6) is 0 Å². The van der Waals surface area contributed by atoms with Gasteiger partial charge in [-0.2, -0.15) is 0 Å². The van der Waals surface area contributed by atoms with Gasteiger partial charge in [-0.25, -0.2) is 0 Å². The van der Waals surface area contributed by atoms with Gasteiger partial charge in [0, 0.05) is 44.8 Å². The lowest BCUT2D eigenvalue weighted by Crippen LogP contribution is -2.32. The number of hydrogen-bond donors (Lipinski definition) is 0. The van der Waals surface area contributed by atoms with E-state index in [1.807, 2.05) is 30.3 Å². The molecule has 0 N–H and O–H groups in total. The molecule has 0 saturated carbocycles. The van der Waals surface area contributed by atoms with E-state index in [1.165, 1.54) is 33.6 Å². The molecule has 0 saturated heterocycles. The highest BCUT2D eigenvalue weighted by Crippen LogP contribution is 2.52. The van der Waals surface area contributed by atoms with Crippen LogP contribution in [0.15, 0.2) is 170 Å². The molecule has 4 nitrogen and oxygen atoms in total. The molecule has 4 heteroatoms. The summed E-state index contributed by atoms with van der Waals surface area (Å²) in [7, 11) is 0. The van der Waals surface area contributed by atoms with Crippen molar-refractivity contribution in [3.63, 3.8) is 0 Å². The second-order valence-corrected chi connectivity index (χ2v) is 15.6. The fraction of sp³-hybridized carbons (Fsp3) is 0.160. The molecule has 6 aromatic carbocycles. The highest BCUT2D eigenvalue weighted by atomic mass is 16.1. The molecule has 54 heavy (non-hydrogen) atoms. The summed E-state index contributed by atoms with van der Waals surface area (Å²) in [6, 6.07) is 49.3. The van der Waals surface area contributed by atoms with Crippen molar-refractivity contribution in [1.82, 2.24) is 0 Å². The average molecular weight is 703 g/mol. The summed E-state index contributed by atoms with van der Waals surface area (Å²) in [5.41, 5.74) is 13.3. The van der Waals surface area contributed by atoms with Gasteiger partial charge >= 0.3 is 0 Å². The lowest BCUT2D eigenvalue weighted by molar-refractivity contribution is 0.0944. The van der Waals surface area contributed by atoms with Crippen LogP contribution in [0.3, 0.4) is 0 Å². The number of allylic oxidation sites excluding steroid dienone is 3. The number of benzene rings is 6. The second kappa shape index (κ2) is 12.7. The van der Waals surface area contributed by atoms with Crippen LogP contribution in [-0.4, -0.2) is 11.6 Å².